The molecular weight excluding hydrogens is 439 g/mol. The van der Waals surface area contributed by atoms with Gasteiger partial charge in [0.15, 0.2) is 5.82 Å². The molecule has 11 heteroatoms. The average Bonchev–Trinajstić information content (AvgIpc) is 3.10. The number of aliphatic hydroxyl groups is 1. The Morgan fingerprint density at radius 1 is 1.03 bits per heavy atom. The number of aliphatic hydroxyl groups excluding tert-OH is 1. The number of fused-ring (bicyclic) bond motifs is 1. The molecule has 0 saturated carbocycles. The van der Waals surface area contributed by atoms with Gasteiger partial charge in [0.05, 0.1) is 16.5 Å². The van der Waals surface area contributed by atoms with Gasteiger partial charge in [0.1, 0.15) is 35.4 Å². The van der Waals surface area contributed by atoms with E-state index in [2.05, 4.69) is 10.2 Å². The van der Waals surface area contributed by atoms with Crippen LogP contribution in [0, 0.1) is 17.5 Å². The Labute approximate surface area is 185 Å². The zero-order valence-electron chi connectivity index (χ0n) is 18.0. The van der Waals surface area contributed by atoms with Gasteiger partial charge in [-0.05, 0) is 45.0 Å². The highest BCUT2D eigenvalue weighted by molar-refractivity contribution is 5.84. The number of halogens is 3. The summed E-state index contributed by atoms with van der Waals surface area (Å²) < 4.78 is 47.2. The van der Waals surface area contributed by atoms with Crippen LogP contribution in [0.4, 0.5) is 13.2 Å². The van der Waals surface area contributed by atoms with Crippen molar-refractivity contribution in [3.05, 3.63) is 74.3 Å². The van der Waals surface area contributed by atoms with E-state index in [4.69, 9.17) is 0 Å². The van der Waals surface area contributed by atoms with E-state index < -0.39 is 52.5 Å². The van der Waals surface area contributed by atoms with Crippen molar-refractivity contribution in [3.63, 3.8) is 0 Å². The van der Waals surface area contributed by atoms with Gasteiger partial charge in [0, 0.05) is 12.6 Å². The summed E-state index contributed by atoms with van der Waals surface area (Å²) in [5.74, 6) is -2.85. The first-order valence-electron chi connectivity index (χ1n) is 10.2. The first kappa shape index (κ1) is 22.5. The van der Waals surface area contributed by atoms with Crippen molar-refractivity contribution in [2.75, 3.05) is 0 Å². The molecule has 0 amide bonds. The average molecular weight is 459 g/mol. The predicted octanol–water partition coefficient (Wildman–Crippen LogP) is 2.92. The summed E-state index contributed by atoms with van der Waals surface area (Å²) in [5.41, 5.74) is -2.73. The van der Waals surface area contributed by atoms with E-state index in [0.717, 1.165) is 28.9 Å². The third-order valence-electron chi connectivity index (χ3n) is 5.29. The van der Waals surface area contributed by atoms with E-state index in [0.29, 0.717) is 0 Å². The molecule has 1 N–H and O–H groups in total. The van der Waals surface area contributed by atoms with Crippen LogP contribution in [0.1, 0.15) is 32.6 Å². The highest BCUT2D eigenvalue weighted by Gasteiger charge is 2.23. The van der Waals surface area contributed by atoms with Crippen LogP contribution in [0.5, 0.6) is 0 Å². The second kappa shape index (κ2) is 8.32. The highest BCUT2D eigenvalue weighted by atomic mass is 19.1. The summed E-state index contributed by atoms with van der Waals surface area (Å²) in [6, 6.07) is 4.90. The first-order chi connectivity index (χ1) is 15.7. The van der Waals surface area contributed by atoms with Gasteiger partial charge in [-0.15, -0.1) is 5.10 Å². The Balaban J connectivity index is 2.08. The molecule has 4 rings (SSSR count). The molecule has 0 fully saturated rings. The van der Waals surface area contributed by atoms with Gasteiger partial charge in [0.2, 0.25) is 5.43 Å². The molecular formula is C22H20F3N5O3. The van der Waals surface area contributed by atoms with Crippen molar-refractivity contribution in [3.8, 4) is 16.9 Å². The molecule has 0 radical (unpaired) electrons. The molecule has 33 heavy (non-hydrogen) atoms. The Bertz CT molecular complexity index is 1480. The van der Waals surface area contributed by atoms with Gasteiger partial charge in [-0.3, -0.25) is 14.0 Å². The number of hydrogen-bond acceptors (Lipinski definition) is 5. The lowest BCUT2D eigenvalue weighted by Gasteiger charge is -2.17. The molecule has 0 bridgehead atoms. The smallest absolute Gasteiger partial charge is 0.350 e. The van der Waals surface area contributed by atoms with Gasteiger partial charge in [0.25, 0.3) is 0 Å². The standard InChI is InChI=1S/C22H20F3N5O3/c1-4-28-18(10-31)26-30(22(28)33)17-9-16-12(8-15(17)25)21(32)20(27-29(16)11(2)3)19-13(23)6-5-7-14(19)24/h5-9,11,31H,4,10H2,1-3H3. The number of hydrogen-bond donors (Lipinski definition) is 1. The molecule has 0 aliphatic carbocycles. The maximum atomic E-state index is 15.2. The quantitative estimate of drug-likeness (QED) is 0.495. The minimum Gasteiger partial charge on any atom is -0.388 e. The SMILES string of the molecule is CCn1c(CO)nn(-c2cc3c(cc2F)c(=O)c(-c2c(F)cccc2F)nn3C(C)C)c1=O. The summed E-state index contributed by atoms with van der Waals surface area (Å²) in [6.45, 7) is 4.81. The molecule has 2 aromatic carbocycles. The summed E-state index contributed by atoms with van der Waals surface area (Å²) in [6.07, 6.45) is 0. The minimum absolute atomic E-state index is 0.0479. The third-order valence-corrected chi connectivity index (χ3v) is 5.29. The molecule has 0 saturated heterocycles. The van der Waals surface area contributed by atoms with Crippen LogP contribution in [-0.2, 0) is 13.2 Å². The first-order valence-corrected chi connectivity index (χ1v) is 10.2. The van der Waals surface area contributed by atoms with Crippen molar-refractivity contribution < 1.29 is 18.3 Å². The number of nitrogens with zero attached hydrogens (tertiary/aromatic N) is 5. The van der Waals surface area contributed by atoms with Gasteiger partial charge in [-0.25, -0.2) is 18.0 Å². The topological polar surface area (TPSA) is 94.9 Å². The Hall–Kier alpha value is -3.73. The Kier molecular flexibility index (Phi) is 5.66. The maximum absolute atomic E-state index is 15.2. The van der Waals surface area contributed by atoms with Crippen LogP contribution in [0.3, 0.4) is 0 Å². The molecule has 0 aliphatic rings. The fourth-order valence-electron chi connectivity index (χ4n) is 3.73. The third kappa shape index (κ3) is 3.54. The fourth-order valence-corrected chi connectivity index (χ4v) is 3.73. The van der Waals surface area contributed by atoms with Crippen molar-refractivity contribution in [2.45, 2.75) is 40.0 Å². The molecule has 0 aliphatic heterocycles. The molecule has 8 nitrogen and oxygen atoms in total. The second-order valence-corrected chi connectivity index (χ2v) is 7.65. The van der Waals surface area contributed by atoms with E-state index in [1.54, 1.807) is 20.8 Å². The fraction of sp³-hybridized carbons (Fsp3) is 0.273. The van der Waals surface area contributed by atoms with Crippen LogP contribution >= 0.6 is 0 Å². The number of aromatic nitrogens is 5. The van der Waals surface area contributed by atoms with Gasteiger partial charge in [-0.1, -0.05) is 6.07 Å². The lowest BCUT2D eigenvalue weighted by atomic mass is 10.1. The van der Waals surface area contributed by atoms with Crippen molar-refractivity contribution in [2.24, 2.45) is 0 Å². The highest BCUT2D eigenvalue weighted by Crippen LogP contribution is 2.27. The Morgan fingerprint density at radius 3 is 2.24 bits per heavy atom. The number of rotatable bonds is 5. The lowest BCUT2D eigenvalue weighted by Crippen LogP contribution is -2.25. The van der Waals surface area contributed by atoms with Crippen LogP contribution < -0.4 is 11.1 Å². The lowest BCUT2D eigenvalue weighted by molar-refractivity contribution is 0.264. The van der Waals surface area contributed by atoms with Gasteiger partial charge >= 0.3 is 5.69 Å². The molecule has 172 valence electrons. The van der Waals surface area contributed by atoms with Crippen LogP contribution in [0.15, 0.2) is 39.9 Å². The molecule has 2 heterocycles. The van der Waals surface area contributed by atoms with Crippen LogP contribution in [0.25, 0.3) is 27.8 Å². The van der Waals surface area contributed by atoms with Crippen molar-refractivity contribution >= 4 is 10.9 Å². The molecule has 4 aromatic rings. The monoisotopic (exact) mass is 459 g/mol. The zero-order valence-corrected chi connectivity index (χ0v) is 18.0. The molecule has 0 atom stereocenters. The van der Waals surface area contributed by atoms with Crippen LogP contribution in [0.2, 0.25) is 0 Å². The van der Waals surface area contributed by atoms with Crippen molar-refractivity contribution in [1.82, 2.24) is 24.1 Å². The van der Waals surface area contributed by atoms with Gasteiger partial charge < -0.3 is 5.11 Å². The predicted molar refractivity (Wildman–Crippen MR) is 115 cm³/mol. The van der Waals surface area contributed by atoms with E-state index >= 15 is 4.39 Å². The second-order valence-electron chi connectivity index (χ2n) is 7.65. The summed E-state index contributed by atoms with van der Waals surface area (Å²) in [5, 5.41) is 17.5. The minimum atomic E-state index is -0.973. The van der Waals surface area contributed by atoms with E-state index in [1.165, 1.54) is 15.3 Å². The van der Waals surface area contributed by atoms with E-state index in [-0.39, 0.29) is 29.0 Å². The summed E-state index contributed by atoms with van der Waals surface area (Å²) in [4.78, 5) is 25.8. The largest absolute Gasteiger partial charge is 0.388 e. The van der Waals surface area contributed by atoms with Gasteiger partial charge in [-0.2, -0.15) is 9.78 Å². The Morgan fingerprint density at radius 2 is 1.70 bits per heavy atom. The molecule has 2 aromatic heterocycles. The summed E-state index contributed by atoms with van der Waals surface area (Å²) >= 11 is 0. The van der Waals surface area contributed by atoms with E-state index in [1.807, 2.05) is 0 Å². The van der Waals surface area contributed by atoms with E-state index in [9.17, 15) is 23.5 Å². The van der Waals surface area contributed by atoms with Crippen molar-refractivity contribution in [1.29, 1.82) is 0 Å². The number of benzene rings is 2. The zero-order chi connectivity index (χ0) is 24.0. The van der Waals surface area contributed by atoms with Crippen LogP contribution in [-0.4, -0.2) is 29.2 Å². The molecule has 0 spiro atoms. The molecule has 0 unspecified atom stereocenters. The summed E-state index contributed by atoms with van der Waals surface area (Å²) in [7, 11) is 0. The maximum Gasteiger partial charge on any atom is 0.350 e. The normalized spacial score (nSPS) is 11.6.